The van der Waals surface area contributed by atoms with E-state index in [-0.39, 0.29) is 41.9 Å². The van der Waals surface area contributed by atoms with Crippen molar-refractivity contribution in [2.24, 2.45) is 0 Å². The van der Waals surface area contributed by atoms with Crippen LogP contribution in [0.4, 0.5) is 0 Å². The van der Waals surface area contributed by atoms with E-state index in [0.29, 0.717) is 15.7 Å². The first kappa shape index (κ1) is 32.7. The van der Waals surface area contributed by atoms with Crippen LogP contribution in [0.25, 0.3) is 21.5 Å². The Morgan fingerprint density at radius 1 is 1.12 bits per heavy atom. The number of halogens is 2. The second-order valence-electron chi connectivity index (χ2n) is 9.43. The number of hydrogen-bond acceptors (Lipinski definition) is 9. The highest BCUT2D eigenvalue weighted by Gasteiger charge is 2.43. The van der Waals surface area contributed by atoms with Crippen LogP contribution < -0.4 is 5.48 Å². The molecule has 2 aromatic carbocycles. The highest BCUT2D eigenvalue weighted by atomic mass is 35.5. The smallest absolute Gasteiger partial charge is 0.263 e. The van der Waals surface area contributed by atoms with Gasteiger partial charge in [0.2, 0.25) is 10.0 Å². The number of hydroxylamine groups is 1. The Morgan fingerprint density at radius 3 is 2.52 bits per heavy atom. The fourth-order valence-corrected chi connectivity index (χ4v) is 10.1. The van der Waals surface area contributed by atoms with Gasteiger partial charge in [-0.15, -0.1) is 23.7 Å². The van der Waals surface area contributed by atoms with Gasteiger partial charge < -0.3 is 4.98 Å². The summed E-state index contributed by atoms with van der Waals surface area (Å²) in [5.74, 6) is -0.806. The van der Waals surface area contributed by atoms with Crippen molar-refractivity contribution >= 4 is 85.0 Å². The van der Waals surface area contributed by atoms with E-state index >= 15 is 0 Å². The van der Waals surface area contributed by atoms with Crippen LogP contribution in [0.3, 0.4) is 0 Å². The summed E-state index contributed by atoms with van der Waals surface area (Å²) >= 11 is 11.4. The van der Waals surface area contributed by atoms with Crippen LogP contribution in [0.1, 0.15) is 5.82 Å². The van der Waals surface area contributed by atoms with Gasteiger partial charge in [0.1, 0.15) is 16.1 Å². The molecule has 2 atom stereocenters. The summed E-state index contributed by atoms with van der Waals surface area (Å²) in [6.45, 7) is -0.916. The van der Waals surface area contributed by atoms with Crippen LogP contribution in [0.2, 0.25) is 5.02 Å². The van der Waals surface area contributed by atoms with E-state index in [4.69, 9.17) is 11.6 Å². The van der Waals surface area contributed by atoms with Crippen LogP contribution in [0.15, 0.2) is 64.9 Å². The first-order chi connectivity index (χ1) is 19.5. The number of para-hydroxylation sites is 2. The summed E-state index contributed by atoms with van der Waals surface area (Å²) in [4.78, 5) is 20.9. The Morgan fingerprint density at radius 2 is 1.83 bits per heavy atom. The number of imidazole rings is 1. The quantitative estimate of drug-likeness (QED) is 0.119. The maximum Gasteiger partial charge on any atom is 0.263 e. The minimum atomic E-state index is -4.20. The summed E-state index contributed by atoms with van der Waals surface area (Å²) in [6.07, 6.45) is 0.250. The van der Waals surface area contributed by atoms with E-state index in [1.54, 1.807) is 30.3 Å². The van der Waals surface area contributed by atoms with Gasteiger partial charge in [-0.1, -0.05) is 35.9 Å². The second kappa shape index (κ2) is 13.2. The van der Waals surface area contributed by atoms with Crippen LogP contribution in [0, 0.1) is 0 Å². The average molecular weight is 693 g/mol. The number of carbonyl (C=O) groups is 1. The number of sulfonamides is 2. The molecule has 1 aliphatic rings. The number of rotatable bonds is 9. The SMILES string of the molecule is Cl.O=C(NO)[C@H]1CN(S(=O)(=O)CC(S)Cc2nc3ccccc3[nH]2)CCN1S(=O)(=O)c1ccc(-c2ccc(Cl)cc2)s1. The number of nitrogens with one attached hydrogen (secondary N) is 2. The minimum absolute atomic E-state index is 0. The molecular weight excluding hydrogens is 665 g/mol. The van der Waals surface area contributed by atoms with Gasteiger partial charge in [0.15, 0.2) is 0 Å². The molecule has 11 nitrogen and oxygen atoms in total. The number of aromatic amines is 1. The maximum absolute atomic E-state index is 13.6. The molecule has 226 valence electrons. The lowest BCUT2D eigenvalue weighted by molar-refractivity contribution is -0.134. The number of fused-ring (bicyclic) bond motifs is 1. The minimum Gasteiger partial charge on any atom is -0.342 e. The molecular formula is C25H27Cl2N5O6S4. The van der Waals surface area contributed by atoms with Crippen molar-refractivity contribution in [1.82, 2.24) is 24.1 Å². The maximum atomic E-state index is 13.6. The predicted molar refractivity (Wildman–Crippen MR) is 168 cm³/mol. The van der Waals surface area contributed by atoms with Crippen molar-refractivity contribution in [3.8, 4) is 10.4 Å². The zero-order valence-electron chi connectivity index (χ0n) is 21.8. The molecule has 1 amide bonds. The molecule has 1 unspecified atom stereocenters. The highest BCUT2D eigenvalue weighted by molar-refractivity contribution is 7.91. The van der Waals surface area contributed by atoms with Crippen molar-refractivity contribution in [2.45, 2.75) is 21.9 Å². The molecule has 0 radical (unpaired) electrons. The lowest BCUT2D eigenvalue weighted by atomic mass is 10.2. The van der Waals surface area contributed by atoms with Crippen molar-refractivity contribution in [1.29, 1.82) is 0 Å². The summed E-state index contributed by atoms with van der Waals surface area (Å²) in [7, 11) is -8.15. The molecule has 5 rings (SSSR count). The van der Waals surface area contributed by atoms with E-state index in [0.717, 1.165) is 36.5 Å². The third-order valence-corrected chi connectivity index (χ3v) is 13.0. The monoisotopic (exact) mass is 691 g/mol. The molecule has 17 heteroatoms. The molecule has 2 aromatic heterocycles. The first-order valence-electron chi connectivity index (χ1n) is 12.4. The van der Waals surface area contributed by atoms with Crippen LogP contribution in [-0.2, 0) is 31.3 Å². The van der Waals surface area contributed by atoms with E-state index < -0.39 is 43.8 Å². The Bertz CT molecular complexity index is 1750. The topological polar surface area (TPSA) is 153 Å². The third kappa shape index (κ3) is 6.95. The average Bonchev–Trinajstić information content (AvgIpc) is 3.60. The largest absolute Gasteiger partial charge is 0.342 e. The molecule has 3 N–H and O–H groups in total. The van der Waals surface area contributed by atoms with E-state index in [1.165, 1.54) is 11.5 Å². The second-order valence-corrected chi connectivity index (χ2v) is 15.8. The fourth-order valence-electron chi connectivity index (χ4n) is 4.65. The van der Waals surface area contributed by atoms with E-state index in [1.807, 2.05) is 24.3 Å². The molecule has 4 aromatic rings. The number of H-pyrrole nitrogens is 1. The molecule has 42 heavy (non-hydrogen) atoms. The van der Waals surface area contributed by atoms with Crippen LogP contribution >= 0.6 is 48.0 Å². The van der Waals surface area contributed by atoms with Gasteiger partial charge in [-0.3, -0.25) is 10.0 Å². The highest BCUT2D eigenvalue weighted by Crippen LogP contribution is 2.34. The summed E-state index contributed by atoms with van der Waals surface area (Å²) in [6, 6.07) is 15.9. The molecule has 3 heterocycles. The number of piperazine rings is 1. The number of aromatic nitrogens is 2. The molecule has 0 spiro atoms. The lowest BCUT2D eigenvalue weighted by Gasteiger charge is -2.38. The van der Waals surface area contributed by atoms with Crippen molar-refractivity contribution in [2.75, 3.05) is 25.4 Å². The number of hydrogen-bond donors (Lipinski definition) is 4. The van der Waals surface area contributed by atoms with Gasteiger partial charge in [0.05, 0.1) is 16.8 Å². The van der Waals surface area contributed by atoms with Gasteiger partial charge >= 0.3 is 0 Å². The van der Waals surface area contributed by atoms with Crippen molar-refractivity contribution < 1.29 is 26.8 Å². The van der Waals surface area contributed by atoms with Crippen LogP contribution in [0.5, 0.6) is 0 Å². The summed E-state index contributed by atoms with van der Waals surface area (Å²) in [5, 5.41) is 9.28. The van der Waals surface area contributed by atoms with Crippen LogP contribution in [-0.4, -0.2) is 83.2 Å². The number of amides is 1. The molecule has 1 aliphatic heterocycles. The fraction of sp³-hybridized carbons (Fsp3) is 0.280. The molecule has 0 aliphatic carbocycles. The molecule has 0 bridgehead atoms. The van der Waals surface area contributed by atoms with E-state index in [2.05, 4.69) is 22.6 Å². The van der Waals surface area contributed by atoms with Gasteiger partial charge in [-0.05, 0) is 42.0 Å². The van der Waals surface area contributed by atoms with E-state index in [9.17, 15) is 26.8 Å². The Kier molecular flexibility index (Phi) is 10.3. The zero-order chi connectivity index (χ0) is 29.4. The zero-order valence-corrected chi connectivity index (χ0v) is 26.7. The summed E-state index contributed by atoms with van der Waals surface area (Å²) in [5.41, 5.74) is 3.83. The number of carbonyl (C=O) groups excluding carboxylic acids is 1. The van der Waals surface area contributed by atoms with Gasteiger partial charge in [-0.2, -0.15) is 21.2 Å². The van der Waals surface area contributed by atoms with Gasteiger partial charge in [-0.25, -0.2) is 27.3 Å². The Hall–Kier alpha value is -2.21. The number of nitrogens with zero attached hydrogens (tertiary/aromatic N) is 3. The normalized spacial score (nSPS) is 17.5. The molecule has 0 saturated carbocycles. The lowest BCUT2D eigenvalue weighted by Crippen LogP contribution is -2.61. The predicted octanol–water partition coefficient (Wildman–Crippen LogP) is 3.42. The van der Waals surface area contributed by atoms with Gasteiger partial charge in [0, 0.05) is 41.2 Å². The molecule has 1 saturated heterocycles. The number of thiol groups is 1. The Balaban J connectivity index is 0.00000405. The first-order valence-corrected chi connectivity index (χ1v) is 17.1. The number of thiophene rings is 1. The summed E-state index contributed by atoms with van der Waals surface area (Å²) < 4.78 is 55.8. The molecule has 1 fully saturated rings. The van der Waals surface area contributed by atoms with Crippen molar-refractivity contribution in [3.63, 3.8) is 0 Å². The van der Waals surface area contributed by atoms with Crippen molar-refractivity contribution in [3.05, 3.63) is 71.5 Å². The Labute approximate surface area is 263 Å². The van der Waals surface area contributed by atoms with Gasteiger partial charge in [0.25, 0.3) is 15.9 Å². The number of benzene rings is 2. The standard InChI is InChI=1S/C25H26ClN5O6S4.ClH/c26-17-7-5-16(6-8-17)22-9-10-24(39-22)41(36,37)31-12-11-30(14-21(31)25(32)29-33)40(34,35)15-18(38)13-23-27-19-3-1-2-4-20(19)28-23;/h1-10,18,21,33,38H,11-15H2,(H,27,28)(H,29,32);1H/t18?,21-;/m1./s1. The third-order valence-electron chi connectivity index (χ3n) is 6.64.